The van der Waals surface area contributed by atoms with Crippen molar-refractivity contribution in [1.82, 2.24) is 9.99 Å². The zero-order valence-electron chi connectivity index (χ0n) is 24.5. The molecule has 0 unspecified atom stereocenters. The Morgan fingerprint density at radius 1 is 1.00 bits per heavy atom. The summed E-state index contributed by atoms with van der Waals surface area (Å²) in [5.74, 6) is 0.558. The summed E-state index contributed by atoms with van der Waals surface area (Å²) >= 11 is 3.60. The number of methoxy groups -OCH3 is 2. The standard InChI is InChI=1S/C31H33BrN4O6S/c1-6-42-25-13-11-24(12-14-25)35(43(38,39)26-15-16-29(40-4)30(18-26)41-5)20-31(37)34-33-19-23-17-21(2)36(22(23)3)28-10-8-7-9-27(28)32/h7-19H,6,20H2,1-5H3,(H,34,37)/b33-19-. The third kappa shape index (κ3) is 7.03. The van der Waals surface area contributed by atoms with E-state index in [1.807, 2.05) is 51.1 Å². The second-order valence-corrected chi connectivity index (χ2v) is 12.1. The molecule has 1 aromatic heterocycles. The summed E-state index contributed by atoms with van der Waals surface area (Å²) in [4.78, 5) is 13.0. The Balaban J connectivity index is 1.60. The van der Waals surface area contributed by atoms with Crippen LogP contribution in [0.1, 0.15) is 23.9 Å². The van der Waals surface area contributed by atoms with Gasteiger partial charge < -0.3 is 18.8 Å². The molecule has 0 bridgehead atoms. The number of anilines is 1. The highest BCUT2D eigenvalue weighted by Gasteiger charge is 2.28. The van der Waals surface area contributed by atoms with Crippen LogP contribution in [0.3, 0.4) is 0 Å². The quantitative estimate of drug-likeness (QED) is 0.155. The van der Waals surface area contributed by atoms with Crippen LogP contribution in [0.5, 0.6) is 17.2 Å². The SMILES string of the molecule is CCOc1ccc(N(CC(=O)N/N=C\c2cc(C)n(-c3ccccc3Br)c2C)S(=O)(=O)c2ccc(OC)c(OC)c2)cc1. The van der Waals surface area contributed by atoms with Crippen molar-refractivity contribution in [3.63, 3.8) is 0 Å². The van der Waals surface area contributed by atoms with Gasteiger partial charge in [-0.15, -0.1) is 0 Å². The molecule has 0 saturated carbocycles. The number of carbonyl (C=O) groups is 1. The minimum atomic E-state index is -4.22. The summed E-state index contributed by atoms with van der Waals surface area (Å²) in [6.45, 7) is 5.72. The molecule has 0 aliphatic heterocycles. The van der Waals surface area contributed by atoms with E-state index in [-0.39, 0.29) is 16.3 Å². The number of carbonyl (C=O) groups excluding carboxylic acids is 1. The van der Waals surface area contributed by atoms with Crippen molar-refractivity contribution >= 4 is 43.8 Å². The molecule has 12 heteroatoms. The fraction of sp³-hybridized carbons (Fsp3) is 0.226. The van der Waals surface area contributed by atoms with Crippen LogP contribution in [0.2, 0.25) is 0 Å². The third-order valence-corrected chi connectivity index (χ3v) is 9.06. The number of benzene rings is 3. The zero-order chi connectivity index (χ0) is 31.1. The van der Waals surface area contributed by atoms with Crippen molar-refractivity contribution in [2.45, 2.75) is 25.7 Å². The number of amides is 1. The van der Waals surface area contributed by atoms with Crippen molar-refractivity contribution in [2.75, 3.05) is 31.7 Å². The summed E-state index contributed by atoms with van der Waals surface area (Å²) in [7, 11) is -1.34. The predicted octanol–water partition coefficient (Wildman–Crippen LogP) is 5.62. The molecule has 0 radical (unpaired) electrons. The van der Waals surface area contributed by atoms with Crippen molar-refractivity contribution in [1.29, 1.82) is 0 Å². The summed E-state index contributed by atoms with van der Waals surface area (Å²) in [6, 6.07) is 20.5. The Morgan fingerprint density at radius 2 is 1.70 bits per heavy atom. The summed E-state index contributed by atoms with van der Waals surface area (Å²) in [5, 5.41) is 4.14. The first-order valence-electron chi connectivity index (χ1n) is 13.3. The van der Waals surface area contributed by atoms with Crippen LogP contribution < -0.4 is 23.9 Å². The topological polar surface area (TPSA) is 111 Å². The number of nitrogens with zero attached hydrogens (tertiary/aromatic N) is 3. The monoisotopic (exact) mass is 668 g/mol. The Labute approximate surface area is 260 Å². The molecule has 4 aromatic rings. The average molecular weight is 670 g/mol. The van der Waals surface area contributed by atoms with Gasteiger partial charge in [0.05, 0.1) is 43.3 Å². The first-order valence-corrected chi connectivity index (χ1v) is 15.6. The Morgan fingerprint density at radius 3 is 2.35 bits per heavy atom. The van der Waals surface area contributed by atoms with Crippen molar-refractivity contribution in [3.8, 4) is 22.9 Å². The first-order chi connectivity index (χ1) is 20.6. The molecule has 3 aromatic carbocycles. The number of aryl methyl sites for hydroxylation is 1. The lowest BCUT2D eigenvalue weighted by Crippen LogP contribution is -2.39. The van der Waals surface area contributed by atoms with Crippen LogP contribution in [-0.2, 0) is 14.8 Å². The van der Waals surface area contributed by atoms with Crippen molar-refractivity contribution < 1.29 is 27.4 Å². The van der Waals surface area contributed by atoms with Gasteiger partial charge in [-0.3, -0.25) is 9.10 Å². The van der Waals surface area contributed by atoms with E-state index in [1.54, 1.807) is 24.3 Å². The zero-order valence-corrected chi connectivity index (χ0v) is 26.9. The molecular formula is C31H33BrN4O6S. The van der Waals surface area contributed by atoms with E-state index >= 15 is 0 Å². The number of sulfonamides is 1. The smallest absolute Gasteiger partial charge is 0.264 e. The highest BCUT2D eigenvalue weighted by Crippen LogP contribution is 2.33. The molecule has 0 aliphatic rings. The van der Waals surface area contributed by atoms with E-state index in [9.17, 15) is 13.2 Å². The summed E-state index contributed by atoms with van der Waals surface area (Å²) < 4.78 is 47.8. The van der Waals surface area contributed by atoms with Crippen LogP contribution >= 0.6 is 15.9 Å². The van der Waals surface area contributed by atoms with Gasteiger partial charge in [0.2, 0.25) is 0 Å². The van der Waals surface area contributed by atoms with Gasteiger partial charge in [-0.2, -0.15) is 5.10 Å². The van der Waals surface area contributed by atoms with Gasteiger partial charge in [0.15, 0.2) is 11.5 Å². The number of rotatable bonds is 12. The fourth-order valence-corrected chi connectivity index (χ4v) is 6.46. The van der Waals surface area contributed by atoms with Gasteiger partial charge in [-0.25, -0.2) is 13.8 Å². The van der Waals surface area contributed by atoms with E-state index in [0.717, 1.165) is 31.4 Å². The Bertz CT molecular complexity index is 1740. The fourth-order valence-electron chi connectivity index (χ4n) is 4.56. The normalized spacial score (nSPS) is 11.4. The molecule has 4 rings (SSSR count). The highest BCUT2D eigenvalue weighted by molar-refractivity contribution is 9.10. The van der Waals surface area contributed by atoms with Crippen molar-refractivity contribution in [2.24, 2.45) is 5.10 Å². The van der Waals surface area contributed by atoms with Crippen LogP contribution in [0.25, 0.3) is 5.69 Å². The van der Waals surface area contributed by atoms with E-state index in [1.165, 1.54) is 38.6 Å². The number of hydrogen-bond donors (Lipinski definition) is 1. The highest BCUT2D eigenvalue weighted by atomic mass is 79.9. The molecule has 1 heterocycles. The maximum Gasteiger partial charge on any atom is 0.264 e. The minimum absolute atomic E-state index is 0.0742. The van der Waals surface area contributed by atoms with E-state index in [4.69, 9.17) is 14.2 Å². The van der Waals surface area contributed by atoms with Gasteiger partial charge in [-0.05, 0) is 91.3 Å². The molecule has 0 atom stereocenters. The molecule has 43 heavy (non-hydrogen) atoms. The molecule has 1 amide bonds. The second kappa shape index (κ2) is 13.8. The van der Waals surface area contributed by atoms with E-state index < -0.39 is 22.5 Å². The molecule has 226 valence electrons. The molecule has 10 nitrogen and oxygen atoms in total. The Hall–Kier alpha value is -4.29. The maximum absolute atomic E-state index is 13.9. The van der Waals surface area contributed by atoms with Crippen LogP contribution in [0, 0.1) is 13.8 Å². The van der Waals surface area contributed by atoms with Gasteiger partial charge in [0, 0.05) is 27.5 Å². The van der Waals surface area contributed by atoms with Gasteiger partial charge in [0.1, 0.15) is 12.3 Å². The number of aromatic nitrogens is 1. The second-order valence-electron chi connectivity index (χ2n) is 9.36. The molecule has 0 saturated heterocycles. The van der Waals surface area contributed by atoms with Gasteiger partial charge in [-0.1, -0.05) is 12.1 Å². The maximum atomic E-state index is 13.9. The number of halogens is 1. The largest absolute Gasteiger partial charge is 0.494 e. The van der Waals surface area contributed by atoms with Gasteiger partial charge >= 0.3 is 0 Å². The first kappa shape index (κ1) is 31.6. The molecule has 0 fully saturated rings. The lowest BCUT2D eigenvalue weighted by molar-refractivity contribution is -0.119. The number of para-hydroxylation sites is 1. The number of ether oxygens (including phenoxy) is 3. The number of hydrogen-bond acceptors (Lipinski definition) is 7. The lowest BCUT2D eigenvalue weighted by Gasteiger charge is -2.24. The van der Waals surface area contributed by atoms with E-state index in [0.29, 0.717) is 18.1 Å². The third-order valence-electron chi connectivity index (χ3n) is 6.62. The van der Waals surface area contributed by atoms with Crippen LogP contribution in [-0.4, -0.2) is 52.5 Å². The Kier molecular flexibility index (Phi) is 10.1. The lowest BCUT2D eigenvalue weighted by atomic mass is 10.2. The minimum Gasteiger partial charge on any atom is -0.494 e. The van der Waals surface area contributed by atoms with Crippen LogP contribution in [0.4, 0.5) is 5.69 Å². The number of nitrogens with one attached hydrogen (secondary N) is 1. The summed E-state index contributed by atoms with van der Waals surface area (Å²) in [6.07, 6.45) is 1.54. The molecule has 0 aliphatic carbocycles. The van der Waals surface area contributed by atoms with Crippen LogP contribution in [0.15, 0.2) is 87.3 Å². The van der Waals surface area contributed by atoms with E-state index in [2.05, 4.69) is 31.0 Å². The van der Waals surface area contributed by atoms with Crippen molar-refractivity contribution in [3.05, 3.63) is 94.2 Å². The molecule has 1 N–H and O–H groups in total. The average Bonchev–Trinajstić information content (AvgIpc) is 3.28. The summed E-state index contributed by atoms with van der Waals surface area (Å²) in [5.41, 5.74) is 6.43. The number of hydrazone groups is 1. The molecule has 0 spiro atoms. The predicted molar refractivity (Wildman–Crippen MR) is 170 cm³/mol. The van der Waals surface area contributed by atoms with Gasteiger partial charge in [0.25, 0.3) is 15.9 Å². The molecular weight excluding hydrogens is 636 g/mol.